The number of likely N-dealkylation sites (tertiary alicyclic amines) is 1. The molecule has 1 aliphatic rings. The van der Waals surface area contributed by atoms with E-state index in [0.717, 1.165) is 29.4 Å². The van der Waals surface area contributed by atoms with E-state index in [1.54, 1.807) is 33.3 Å². The molecule has 1 aliphatic heterocycles. The first-order chi connectivity index (χ1) is 14.1. The second-order valence-electron chi connectivity index (χ2n) is 8.64. The molecule has 0 atom stereocenters. The molecule has 7 nitrogen and oxygen atoms in total. The van der Waals surface area contributed by atoms with Crippen molar-refractivity contribution >= 4 is 28.2 Å². The van der Waals surface area contributed by atoms with Crippen LogP contribution in [0.1, 0.15) is 32.3 Å². The molecule has 0 unspecified atom stereocenters. The smallest absolute Gasteiger partial charge is 0.228 e. The Bertz CT molecular complexity index is 929. The van der Waals surface area contributed by atoms with Gasteiger partial charge in [0, 0.05) is 37.3 Å². The van der Waals surface area contributed by atoms with Crippen LogP contribution in [0, 0.1) is 5.92 Å². The number of hydrazine groups is 1. The highest BCUT2D eigenvalue weighted by Crippen LogP contribution is 2.24. The lowest BCUT2D eigenvalue weighted by molar-refractivity contribution is -0.121. The van der Waals surface area contributed by atoms with E-state index in [1.807, 2.05) is 24.3 Å². The molecule has 1 amide bonds. The lowest BCUT2D eigenvalue weighted by Crippen LogP contribution is -2.43. The number of fused-ring (bicyclic) bond motifs is 1. The van der Waals surface area contributed by atoms with Crippen molar-refractivity contribution in [1.82, 2.24) is 14.9 Å². The maximum Gasteiger partial charge on any atom is 0.228 e. The van der Waals surface area contributed by atoms with Crippen LogP contribution in [0.2, 0.25) is 0 Å². The molecule has 0 aliphatic carbocycles. The molecule has 1 aromatic carbocycles. The molecular weight excluding hydrogens is 383 g/mol. The summed E-state index contributed by atoms with van der Waals surface area (Å²) in [6, 6.07) is 7.63. The summed E-state index contributed by atoms with van der Waals surface area (Å²) in [6.45, 7) is 5.01. The maximum atomic E-state index is 13.8. The summed E-state index contributed by atoms with van der Waals surface area (Å²) < 4.78 is 13.8. The number of alkyl halides is 1. The molecule has 162 valence electrons. The topological polar surface area (TPSA) is 101 Å². The van der Waals surface area contributed by atoms with Gasteiger partial charge in [-0.05, 0) is 62.9 Å². The minimum absolute atomic E-state index is 0.0404. The number of anilines is 1. The van der Waals surface area contributed by atoms with Gasteiger partial charge in [-0.2, -0.15) is 0 Å². The van der Waals surface area contributed by atoms with Crippen LogP contribution in [0.15, 0.2) is 36.7 Å². The first kappa shape index (κ1) is 22.0. The van der Waals surface area contributed by atoms with Crippen molar-refractivity contribution in [3.05, 3.63) is 42.2 Å². The standard InChI is InChI=1S/C22H31FN6O/c1-22(2,23)14-29-8-6-15(7-9-29)21(30)27-20-11-18-10-16(19(24)13-28(3)25)4-5-17(18)12-26-20/h4-5,10-13,15H,6-9,14,24-25H2,1-3H3,(H,26,27,30)/b19-13-. The average Bonchev–Trinajstić information content (AvgIpc) is 2.66. The van der Waals surface area contributed by atoms with Crippen molar-refractivity contribution in [3.8, 4) is 0 Å². The van der Waals surface area contributed by atoms with E-state index in [4.69, 9.17) is 11.6 Å². The van der Waals surface area contributed by atoms with Crippen molar-refractivity contribution in [1.29, 1.82) is 0 Å². The first-order valence-electron chi connectivity index (χ1n) is 10.2. The van der Waals surface area contributed by atoms with E-state index in [-0.39, 0.29) is 11.8 Å². The van der Waals surface area contributed by atoms with E-state index < -0.39 is 5.67 Å². The molecule has 5 N–H and O–H groups in total. The van der Waals surface area contributed by atoms with Crippen LogP contribution in [-0.2, 0) is 4.79 Å². The van der Waals surface area contributed by atoms with Gasteiger partial charge < -0.3 is 21.0 Å². The Morgan fingerprint density at radius 3 is 2.67 bits per heavy atom. The van der Waals surface area contributed by atoms with E-state index in [2.05, 4.69) is 15.2 Å². The van der Waals surface area contributed by atoms with Gasteiger partial charge in [-0.25, -0.2) is 15.2 Å². The Balaban J connectivity index is 1.66. The molecule has 1 saturated heterocycles. The third-order valence-electron chi connectivity index (χ3n) is 5.21. The van der Waals surface area contributed by atoms with Crippen LogP contribution in [-0.4, -0.2) is 53.2 Å². The van der Waals surface area contributed by atoms with Gasteiger partial charge in [0.15, 0.2) is 0 Å². The number of piperidine rings is 1. The molecule has 0 spiro atoms. The van der Waals surface area contributed by atoms with Gasteiger partial charge in [0.1, 0.15) is 11.5 Å². The molecule has 2 heterocycles. The zero-order valence-electron chi connectivity index (χ0n) is 17.9. The van der Waals surface area contributed by atoms with Gasteiger partial charge in [-0.3, -0.25) is 4.79 Å². The van der Waals surface area contributed by atoms with E-state index in [1.165, 1.54) is 5.01 Å². The van der Waals surface area contributed by atoms with Crippen LogP contribution in [0.5, 0.6) is 0 Å². The number of hydrogen-bond donors (Lipinski definition) is 3. The number of hydrogen-bond acceptors (Lipinski definition) is 6. The van der Waals surface area contributed by atoms with Crippen molar-refractivity contribution in [2.75, 3.05) is 32.0 Å². The molecule has 1 fully saturated rings. The molecule has 8 heteroatoms. The van der Waals surface area contributed by atoms with Crippen LogP contribution < -0.4 is 16.9 Å². The van der Waals surface area contributed by atoms with Gasteiger partial charge in [0.05, 0.1) is 5.70 Å². The number of benzene rings is 1. The van der Waals surface area contributed by atoms with E-state index in [0.29, 0.717) is 30.9 Å². The normalized spacial score (nSPS) is 16.6. The van der Waals surface area contributed by atoms with Crippen molar-refractivity contribution in [2.24, 2.45) is 17.5 Å². The number of carbonyl (C=O) groups excluding carboxylic acids is 1. The fourth-order valence-electron chi connectivity index (χ4n) is 3.80. The van der Waals surface area contributed by atoms with Gasteiger partial charge in [0.2, 0.25) is 5.91 Å². The number of nitrogens with two attached hydrogens (primary N) is 2. The van der Waals surface area contributed by atoms with Gasteiger partial charge in [-0.15, -0.1) is 0 Å². The van der Waals surface area contributed by atoms with E-state index >= 15 is 0 Å². The summed E-state index contributed by atoms with van der Waals surface area (Å²) >= 11 is 0. The number of nitrogens with one attached hydrogen (secondary N) is 1. The summed E-state index contributed by atoms with van der Waals surface area (Å²) in [5.41, 5.74) is 6.25. The zero-order valence-corrected chi connectivity index (χ0v) is 17.9. The number of pyridine rings is 1. The monoisotopic (exact) mass is 414 g/mol. The maximum absolute atomic E-state index is 13.8. The molecule has 0 saturated carbocycles. The second-order valence-corrected chi connectivity index (χ2v) is 8.64. The summed E-state index contributed by atoms with van der Waals surface area (Å²) in [4.78, 5) is 19.1. The SMILES string of the molecule is CN(N)/C=C(\N)c1ccc2cnc(NC(=O)C3CCN(CC(C)(C)F)CC3)cc2c1. The highest BCUT2D eigenvalue weighted by atomic mass is 19.1. The van der Waals surface area contributed by atoms with Crippen molar-refractivity contribution in [3.63, 3.8) is 0 Å². The summed E-state index contributed by atoms with van der Waals surface area (Å²) in [7, 11) is 1.70. The first-order valence-corrected chi connectivity index (χ1v) is 10.2. The van der Waals surface area contributed by atoms with Crippen molar-refractivity contribution < 1.29 is 9.18 Å². The minimum atomic E-state index is -1.22. The Morgan fingerprint density at radius 2 is 2.03 bits per heavy atom. The third-order valence-corrected chi connectivity index (χ3v) is 5.21. The van der Waals surface area contributed by atoms with E-state index in [9.17, 15) is 9.18 Å². The highest BCUT2D eigenvalue weighted by molar-refractivity contribution is 5.94. The molecule has 30 heavy (non-hydrogen) atoms. The molecule has 0 bridgehead atoms. The second kappa shape index (κ2) is 8.97. The van der Waals surface area contributed by atoms with Crippen LogP contribution in [0.4, 0.5) is 10.2 Å². The number of halogens is 1. The predicted molar refractivity (Wildman–Crippen MR) is 119 cm³/mol. The Kier molecular flexibility index (Phi) is 6.58. The van der Waals surface area contributed by atoms with Crippen LogP contribution in [0.25, 0.3) is 16.5 Å². The molecule has 0 radical (unpaired) electrons. The quantitative estimate of drug-likeness (QED) is 0.496. The largest absolute Gasteiger partial charge is 0.397 e. The lowest BCUT2D eigenvalue weighted by Gasteiger charge is -2.33. The Hall–Kier alpha value is -2.71. The highest BCUT2D eigenvalue weighted by Gasteiger charge is 2.28. The van der Waals surface area contributed by atoms with Crippen LogP contribution >= 0.6 is 0 Å². The number of aromatic nitrogens is 1. The number of rotatable bonds is 6. The molecular formula is C22H31FN6O. The number of amides is 1. The minimum Gasteiger partial charge on any atom is -0.397 e. The number of nitrogens with zero attached hydrogens (tertiary/aromatic N) is 3. The average molecular weight is 415 g/mol. The fraction of sp³-hybridized carbons (Fsp3) is 0.455. The summed E-state index contributed by atoms with van der Waals surface area (Å²) in [5, 5.41) is 6.21. The fourth-order valence-corrected chi connectivity index (χ4v) is 3.80. The van der Waals surface area contributed by atoms with Gasteiger partial charge in [0.25, 0.3) is 0 Å². The van der Waals surface area contributed by atoms with Gasteiger partial charge in [-0.1, -0.05) is 12.1 Å². The van der Waals surface area contributed by atoms with Crippen LogP contribution in [0.3, 0.4) is 0 Å². The summed E-state index contributed by atoms with van der Waals surface area (Å²) in [5.74, 6) is 6.01. The molecule has 1 aromatic heterocycles. The number of carbonyl (C=O) groups is 1. The van der Waals surface area contributed by atoms with Crippen molar-refractivity contribution in [2.45, 2.75) is 32.4 Å². The summed E-state index contributed by atoms with van der Waals surface area (Å²) in [6.07, 6.45) is 4.80. The van der Waals surface area contributed by atoms with Gasteiger partial charge >= 0.3 is 0 Å². The predicted octanol–water partition coefficient (Wildman–Crippen LogP) is 2.70. The Labute approximate surface area is 176 Å². The third kappa shape index (κ3) is 5.90. The molecule has 3 rings (SSSR count). The molecule has 2 aromatic rings. The lowest BCUT2D eigenvalue weighted by atomic mass is 9.95. The zero-order chi connectivity index (χ0) is 21.9. The Morgan fingerprint density at radius 1 is 1.33 bits per heavy atom.